The van der Waals surface area contributed by atoms with E-state index in [9.17, 15) is 13.2 Å². The van der Waals surface area contributed by atoms with Crippen molar-refractivity contribution in [2.24, 2.45) is 5.92 Å². The highest BCUT2D eigenvalue weighted by atomic mass is 32.2. The van der Waals surface area contributed by atoms with E-state index < -0.39 is 16.1 Å². The average molecular weight is 484 g/mol. The van der Waals surface area contributed by atoms with E-state index in [2.05, 4.69) is 28.0 Å². The zero-order valence-corrected chi connectivity index (χ0v) is 20.8. The summed E-state index contributed by atoms with van der Waals surface area (Å²) in [7, 11) is -2.31. The zero-order chi connectivity index (χ0) is 24.3. The highest BCUT2D eigenvalue weighted by molar-refractivity contribution is 7.89. The van der Waals surface area contributed by atoms with Crippen molar-refractivity contribution in [3.8, 4) is 5.75 Å². The number of hydrogen-bond donors (Lipinski definition) is 2. The van der Waals surface area contributed by atoms with Gasteiger partial charge in [-0.1, -0.05) is 32.0 Å². The van der Waals surface area contributed by atoms with Crippen LogP contribution in [-0.2, 0) is 14.8 Å². The van der Waals surface area contributed by atoms with Crippen LogP contribution in [0.5, 0.6) is 5.75 Å². The van der Waals surface area contributed by atoms with Crippen molar-refractivity contribution in [3.05, 3.63) is 60.3 Å². The average Bonchev–Trinajstić information content (AvgIpc) is 3.27. The van der Waals surface area contributed by atoms with Crippen molar-refractivity contribution in [2.45, 2.75) is 50.0 Å². The second-order valence-electron chi connectivity index (χ2n) is 9.37. The molecule has 0 aliphatic carbocycles. The van der Waals surface area contributed by atoms with E-state index in [1.54, 1.807) is 12.1 Å². The monoisotopic (exact) mass is 483 g/mol. The molecule has 0 bridgehead atoms. The number of methoxy groups -OCH3 is 1. The lowest BCUT2D eigenvalue weighted by Gasteiger charge is -2.34. The molecule has 0 spiro atoms. The molecule has 2 aromatic carbocycles. The maximum Gasteiger partial charge on any atom is 0.241 e. The van der Waals surface area contributed by atoms with Gasteiger partial charge in [0.1, 0.15) is 11.8 Å². The summed E-state index contributed by atoms with van der Waals surface area (Å²) >= 11 is 0. The molecule has 1 aromatic heterocycles. The van der Waals surface area contributed by atoms with E-state index in [1.807, 2.05) is 30.9 Å². The van der Waals surface area contributed by atoms with Crippen molar-refractivity contribution >= 4 is 26.8 Å². The Bertz CT molecular complexity index is 1230. The minimum atomic E-state index is -3.84. The number of para-hydroxylation sites is 1. The number of H-pyrrole nitrogens is 1. The van der Waals surface area contributed by atoms with Crippen LogP contribution >= 0.6 is 0 Å². The van der Waals surface area contributed by atoms with Gasteiger partial charge >= 0.3 is 0 Å². The third-order valence-electron chi connectivity index (χ3n) is 6.54. The van der Waals surface area contributed by atoms with Gasteiger partial charge in [0.2, 0.25) is 15.9 Å². The van der Waals surface area contributed by atoms with Crippen molar-refractivity contribution in [2.75, 3.05) is 20.2 Å². The van der Waals surface area contributed by atoms with Gasteiger partial charge in [0.25, 0.3) is 0 Å². The number of ether oxygens (including phenoxy) is 1. The third kappa shape index (κ3) is 5.28. The quantitative estimate of drug-likeness (QED) is 0.500. The number of hydrogen-bond acceptors (Lipinski definition) is 4. The highest BCUT2D eigenvalue weighted by Gasteiger charge is 2.32. The van der Waals surface area contributed by atoms with Gasteiger partial charge in [0, 0.05) is 30.2 Å². The molecule has 182 valence electrons. The Kier molecular flexibility index (Phi) is 7.28. The summed E-state index contributed by atoms with van der Waals surface area (Å²) in [4.78, 5) is 18.7. The number of nitrogens with zero attached hydrogens (tertiary/aromatic N) is 1. The summed E-state index contributed by atoms with van der Waals surface area (Å²) in [6.07, 6.45) is 4.23. The van der Waals surface area contributed by atoms with Gasteiger partial charge in [0.15, 0.2) is 0 Å². The lowest BCUT2D eigenvalue weighted by molar-refractivity contribution is -0.134. The number of benzene rings is 2. The lowest BCUT2D eigenvalue weighted by atomic mass is 9.89. The SMILES string of the molecule is COc1ccc(S(=O)(=O)NC(CC(C)C)C(=O)N2CCC(c3c[nH]c4ccccc34)CC2)cc1. The molecule has 0 radical (unpaired) electrons. The second-order valence-corrected chi connectivity index (χ2v) is 11.1. The molecule has 1 amide bonds. The summed E-state index contributed by atoms with van der Waals surface area (Å²) in [6.45, 7) is 5.21. The normalized spacial score (nSPS) is 16.2. The molecule has 1 atom stereocenters. The van der Waals surface area contributed by atoms with Crippen molar-refractivity contribution in [1.29, 1.82) is 0 Å². The van der Waals surface area contributed by atoms with Crippen LogP contribution < -0.4 is 9.46 Å². The molecule has 8 heteroatoms. The molecule has 3 aromatic rings. The molecule has 1 aliphatic heterocycles. The fraction of sp³-hybridized carbons (Fsp3) is 0.423. The first-order valence-electron chi connectivity index (χ1n) is 11.8. The van der Waals surface area contributed by atoms with Crippen LogP contribution in [0, 0.1) is 5.92 Å². The van der Waals surface area contributed by atoms with Gasteiger partial charge in [-0.05, 0) is 67.0 Å². The summed E-state index contributed by atoms with van der Waals surface area (Å²) in [5, 5.41) is 1.23. The number of carbonyl (C=O) groups excluding carboxylic acids is 1. The number of likely N-dealkylation sites (tertiary alicyclic amines) is 1. The highest BCUT2D eigenvalue weighted by Crippen LogP contribution is 2.33. The van der Waals surface area contributed by atoms with Crippen LogP contribution in [0.2, 0.25) is 0 Å². The van der Waals surface area contributed by atoms with E-state index in [-0.39, 0.29) is 16.7 Å². The molecule has 4 rings (SSSR count). The van der Waals surface area contributed by atoms with Crippen LogP contribution in [0.1, 0.15) is 44.6 Å². The molecule has 2 heterocycles. The van der Waals surface area contributed by atoms with E-state index in [0.717, 1.165) is 18.4 Å². The number of sulfonamides is 1. The van der Waals surface area contributed by atoms with Crippen LogP contribution in [0.15, 0.2) is 59.6 Å². The predicted molar refractivity (Wildman–Crippen MR) is 133 cm³/mol. The number of rotatable bonds is 8. The fourth-order valence-electron chi connectivity index (χ4n) is 4.74. The number of fused-ring (bicyclic) bond motifs is 1. The van der Waals surface area contributed by atoms with Crippen molar-refractivity contribution in [1.82, 2.24) is 14.6 Å². The number of carbonyl (C=O) groups is 1. The van der Waals surface area contributed by atoms with Gasteiger partial charge in [-0.15, -0.1) is 0 Å². The van der Waals surface area contributed by atoms with Gasteiger partial charge in [-0.3, -0.25) is 4.79 Å². The van der Waals surface area contributed by atoms with E-state index in [4.69, 9.17) is 4.74 Å². The summed E-state index contributed by atoms with van der Waals surface area (Å²) in [5.41, 5.74) is 2.42. The predicted octanol–water partition coefficient (Wildman–Crippen LogP) is 4.28. The summed E-state index contributed by atoms with van der Waals surface area (Å²) in [5.74, 6) is 0.964. The Morgan fingerprint density at radius 1 is 1.12 bits per heavy atom. The molecular formula is C26H33N3O4S. The van der Waals surface area contributed by atoms with Crippen LogP contribution in [-0.4, -0.2) is 50.5 Å². The minimum Gasteiger partial charge on any atom is -0.497 e. The standard InChI is InChI=1S/C26H33N3O4S/c1-18(2)16-25(28-34(31,32)21-10-8-20(33-3)9-11-21)26(30)29-14-12-19(13-15-29)23-17-27-24-7-5-4-6-22(23)24/h4-11,17-19,25,27-28H,12-16H2,1-3H3. The molecule has 1 aliphatic rings. The molecule has 1 fully saturated rings. The van der Waals surface area contributed by atoms with Gasteiger partial charge in [0.05, 0.1) is 12.0 Å². The molecule has 2 N–H and O–H groups in total. The molecule has 0 saturated carbocycles. The van der Waals surface area contributed by atoms with Gasteiger partial charge < -0.3 is 14.6 Å². The van der Waals surface area contributed by atoms with Crippen molar-refractivity contribution in [3.63, 3.8) is 0 Å². The fourth-order valence-corrected chi connectivity index (χ4v) is 5.95. The van der Waals surface area contributed by atoms with E-state index in [0.29, 0.717) is 31.2 Å². The largest absolute Gasteiger partial charge is 0.497 e. The van der Waals surface area contributed by atoms with E-state index >= 15 is 0 Å². The maximum absolute atomic E-state index is 13.4. The van der Waals surface area contributed by atoms with Crippen LogP contribution in [0.25, 0.3) is 10.9 Å². The Labute approximate surface area is 201 Å². The Morgan fingerprint density at radius 2 is 1.79 bits per heavy atom. The first-order valence-corrected chi connectivity index (χ1v) is 13.3. The maximum atomic E-state index is 13.4. The molecular weight excluding hydrogens is 450 g/mol. The first-order chi connectivity index (χ1) is 16.3. The number of aromatic amines is 1. The van der Waals surface area contributed by atoms with Gasteiger partial charge in [-0.2, -0.15) is 4.72 Å². The summed E-state index contributed by atoms with van der Waals surface area (Å²) in [6, 6.07) is 13.7. The van der Waals surface area contributed by atoms with Crippen LogP contribution in [0.3, 0.4) is 0 Å². The Balaban J connectivity index is 1.45. The molecule has 7 nitrogen and oxygen atoms in total. The van der Waals surface area contributed by atoms with Crippen molar-refractivity contribution < 1.29 is 17.9 Å². The smallest absolute Gasteiger partial charge is 0.241 e. The third-order valence-corrected chi connectivity index (χ3v) is 8.03. The summed E-state index contributed by atoms with van der Waals surface area (Å²) < 4.78 is 33.8. The number of nitrogens with one attached hydrogen (secondary N) is 2. The van der Waals surface area contributed by atoms with Crippen LogP contribution in [0.4, 0.5) is 0 Å². The topological polar surface area (TPSA) is 91.5 Å². The Morgan fingerprint density at radius 3 is 2.44 bits per heavy atom. The number of amides is 1. The first kappa shape index (κ1) is 24.3. The number of piperidine rings is 1. The molecule has 1 unspecified atom stereocenters. The zero-order valence-electron chi connectivity index (χ0n) is 20.0. The Hall–Kier alpha value is -2.84. The molecule has 34 heavy (non-hydrogen) atoms. The second kappa shape index (κ2) is 10.2. The lowest BCUT2D eigenvalue weighted by Crippen LogP contribution is -2.51. The minimum absolute atomic E-state index is 0.118. The van der Waals surface area contributed by atoms with E-state index in [1.165, 1.54) is 30.2 Å². The molecule has 1 saturated heterocycles. The van der Waals surface area contributed by atoms with Gasteiger partial charge in [-0.25, -0.2) is 8.42 Å². The number of aromatic nitrogens is 1.